The quantitative estimate of drug-likeness (QED) is 0.478. The number of ketones is 1. The first-order valence-corrected chi connectivity index (χ1v) is 11.9. The minimum Gasteiger partial charge on any atom is -0.447 e. The van der Waals surface area contributed by atoms with Crippen molar-refractivity contribution >= 4 is 33.7 Å². The lowest BCUT2D eigenvalue weighted by atomic mass is 9.87. The highest BCUT2D eigenvalue weighted by Gasteiger charge is 2.50. The molecule has 2 amide bonds. The molecule has 2 N–H and O–H groups in total. The molecule has 8 nitrogen and oxygen atoms in total. The first-order chi connectivity index (χ1) is 15.7. The van der Waals surface area contributed by atoms with Crippen LogP contribution in [0.5, 0.6) is 0 Å². The normalized spacial score (nSPS) is 26.4. The Kier molecular flexibility index (Phi) is 8.44. The Hall–Kier alpha value is -2.07. The van der Waals surface area contributed by atoms with Gasteiger partial charge in [0.25, 0.3) is 0 Å². The van der Waals surface area contributed by atoms with Crippen molar-refractivity contribution in [2.75, 3.05) is 13.2 Å². The highest BCUT2D eigenvalue weighted by Crippen LogP contribution is 2.38. The smallest absolute Gasteiger partial charge is 0.416 e. The van der Waals surface area contributed by atoms with E-state index in [4.69, 9.17) is 14.6 Å². The standard InChI is InChI=1S/C24H30BrNO7/c1-15(2)18-14-32-23(30)26(18)22(29)17(12-16-8-4-3-5-9-16)21-19(28)13-20(25)24(31,33-21)10-6-7-11-27/h3-5,8-9,13,15,17-18,21,27,31H,6-7,10-12,14H2,1-2H3/t17-,18-,21+,24-/m1/s1. The summed E-state index contributed by atoms with van der Waals surface area (Å²) in [5.41, 5.74) is 0.790. The van der Waals surface area contributed by atoms with Crippen LogP contribution in [0.4, 0.5) is 4.79 Å². The fourth-order valence-electron chi connectivity index (χ4n) is 4.13. The molecule has 1 saturated heterocycles. The average Bonchev–Trinajstić information content (AvgIpc) is 3.17. The maximum absolute atomic E-state index is 13.7. The molecule has 3 rings (SSSR count). The largest absolute Gasteiger partial charge is 0.447 e. The number of benzene rings is 1. The zero-order valence-corrected chi connectivity index (χ0v) is 20.4. The van der Waals surface area contributed by atoms with E-state index in [1.165, 1.54) is 6.08 Å². The van der Waals surface area contributed by atoms with Gasteiger partial charge in [-0.2, -0.15) is 0 Å². The Morgan fingerprint density at radius 3 is 2.58 bits per heavy atom. The van der Waals surface area contributed by atoms with E-state index in [-0.39, 0.29) is 36.5 Å². The second kappa shape index (κ2) is 10.9. The Balaban J connectivity index is 1.96. The highest BCUT2D eigenvalue weighted by molar-refractivity contribution is 9.11. The summed E-state index contributed by atoms with van der Waals surface area (Å²) >= 11 is 3.22. The van der Waals surface area contributed by atoms with E-state index in [0.717, 1.165) is 10.5 Å². The van der Waals surface area contributed by atoms with Gasteiger partial charge in [0.15, 0.2) is 11.6 Å². The zero-order chi connectivity index (χ0) is 24.2. The Morgan fingerprint density at radius 1 is 1.24 bits per heavy atom. The van der Waals surface area contributed by atoms with Crippen molar-refractivity contribution < 1.29 is 34.1 Å². The van der Waals surface area contributed by atoms with E-state index in [0.29, 0.717) is 12.8 Å². The van der Waals surface area contributed by atoms with Gasteiger partial charge >= 0.3 is 6.09 Å². The van der Waals surface area contributed by atoms with Gasteiger partial charge < -0.3 is 19.7 Å². The third-order valence-electron chi connectivity index (χ3n) is 6.06. The third-order valence-corrected chi connectivity index (χ3v) is 6.91. The van der Waals surface area contributed by atoms with Crippen molar-refractivity contribution in [3.8, 4) is 0 Å². The van der Waals surface area contributed by atoms with Crippen LogP contribution >= 0.6 is 15.9 Å². The summed E-state index contributed by atoms with van der Waals surface area (Å²) < 4.78 is 11.2. The summed E-state index contributed by atoms with van der Waals surface area (Å²) in [5.74, 6) is -3.94. The molecule has 33 heavy (non-hydrogen) atoms. The number of cyclic esters (lactones) is 1. The van der Waals surface area contributed by atoms with Crippen LogP contribution in [0.1, 0.15) is 38.7 Å². The van der Waals surface area contributed by atoms with Crippen LogP contribution in [-0.4, -0.2) is 64.0 Å². The molecule has 9 heteroatoms. The predicted molar refractivity (Wildman–Crippen MR) is 123 cm³/mol. The second-order valence-corrected chi connectivity index (χ2v) is 9.65. The number of ether oxygens (including phenoxy) is 2. The van der Waals surface area contributed by atoms with Crippen LogP contribution in [0.2, 0.25) is 0 Å². The van der Waals surface area contributed by atoms with Crippen molar-refractivity contribution in [2.24, 2.45) is 11.8 Å². The van der Waals surface area contributed by atoms with E-state index < -0.39 is 41.6 Å². The minimum absolute atomic E-state index is 0.0368. The zero-order valence-electron chi connectivity index (χ0n) is 18.8. The van der Waals surface area contributed by atoms with Gasteiger partial charge in [-0.15, -0.1) is 0 Å². The predicted octanol–water partition coefficient (Wildman–Crippen LogP) is 2.95. The molecule has 180 valence electrons. The summed E-state index contributed by atoms with van der Waals surface area (Å²) in [4.78, 5) is 40.3. The van der Waals surface area contributed by atoms with Crippen LogP contribution in [0.15, 0.2) is 40.9 Å². The van der Waals surface area contributed by atoms with Crippen molar-refractivity contribution in [3.05, 3.63) is 46.5 Å². The fourth-order valence-corrected chi connectivity index (χ4v) is 4.65. The third kappa shape index (κ3) is 5.71. The average molecular weight is 524 g/mol. The number of carbonyl (C=O) groups is 3. The molecule has 2 aliphatic rings. The van der Waals surface area contributed by atoms with Crippen molar-refractivity contribution in [3.63, 3.8) is 0 Å². The van der Waals surface area contributed by atoms with Crippen LogP contribution in [-0.2, 0) is 25.5 Å². The minimum atomic E-state index is -1.81. The molecule has 1 aromatic carbocycles. The number of aliphatic hydroxyl groups is 2. The molecule has 0 saturated carbocycles. The highest BCUT2D eigenvalue weighted by atomic mass is 79.9. The number of unbranched alkanes of at least 4 members (excludes halogenated alkanes) is 1. The van der Waals surface area contributed by atoms with Crippen molar-refractivity contribution in [1.82, 2.24) is 4.90 Å². The molecule has 0 radical (unpaired) electrons. The summed E-state index contributed by atoms with van der Waals surface area (Å²) in [6.45, 7) is 3.83. The molecule has 0 unspecified atom stereocenters. The summed E-state index contributed by atoms with van der Waals surface area (Å²) in [7, 11) is 0. The first-order valence-electron chi connectivity index (χ1n) is 11.1. The number of hydrogen-bond acceptors (Lipinski definition) is 7. The first kappa shape index (κ1) is 25.6. The molecule has 0 bridgehead atoms. The van der Waals surface area contributed by atoms with Crippen molar-refractivity contribution in [1.29, 1.82) is 0 Å². The maximum Gasteiger partial charge on any atom is 0.416 e. The van der Waals surface area contributed by atoms with Gasteiger partial charge in [0, 0.05) is 13.0 Å². The number of amides is 2. The van der Waals surface area contributed by atoms with Crippen LogP contribution in [0.25, 0.3) is 0 Å². The van der Waals surface area contributed by atoms with Gasteiger partial charge in [0.1, 0.15) is 12.7 Å². The van der Waals surface area contributed by atoms with E-state index in [2.05, 4.69) is 15.9 Å². The molecule has 0 aliphatic carbocycles. The number of carbonyl (C=O) groups excluding carboxylic acids is 3. The number of hydrogen-bond donors (Lipinski definition) is 2. The van der Waals surface area contributed by atoms with Gasteiger partial charge in [-0.1, -0.05) is 44.2 Å². The van der Waals surface area contributed by atoms with E-state index >= 15 is 0 Å². The van der Waals surface area contributed by atoms with Crippen LogP contribution in [0.3, 0.4) is 0 Å². The molecule has 4 atom stereocenters. The Bertz CT molecular complexity index is 903. The van der Waals surface area contributed by atoms with E-state index in [1.807, 2.05) is 44.2 Å². The lowest BCUT2D eigenvalue weighted by Crippen LogP contribution is -2.54. The number of aliphatic hydroxyl groups excluding tert-OH is 1. The topological polar surface area (TPSA) is 113 Å². The second-order valence-electron chi connectivity index (χ2n) is 8.79. The molecule has 2 heterocycles. The molecule has 1 fully saturated rings. The Labute approximate surface area is 201 Å². The molecule has 2 aliphatic heterocycles. The molecule has 0 aromatic heterocycles. The molecular formula is C24H30BrNO7. The molecule has 0 spiro atoms. The number of nitrogens with zero attached hydrogens (tertiary/aromatic N) is 1. The SMILES string of the molecule is CC(C)[C@H]1COC(=O)N1C(=O)[C@H](Cc1ccccc1)[C@@H]1O[C@](O)(CCCCO)C(Br)=CC1=O. The Morgan fingerprint density at radius 2 is 1.94 bits per heavy atom. The lowest BCUT2D eigenvalue weighted by molar-refractivity contribution is -0.218. The molecular weight excluding hydrogens is 494 g/mol. The van der Waals surface area contributed by atoms with Crippen LogP contribution in [0, 0.1) is 11.8 Å². The number of imide groups is 1. The number of rotatable bonds is 9. The van der Waals surface area contributed by atoms with Gasteiger partial charge in [-0.05, 0) is 52.7 Å². The van der Waals surface area contributed by atoms with Gasteiger partial charge in [0.2, 0.25) is 5.91 Å². The lowest BCUT2D eigenvalue weighted by Gasteiger charge is -2.39. The summed E-state index contributed by atoms with van der Waals surface area (Å²) in [5, 5.41) is 20.2. The van der Waals surface area contributed by atoms with E-state index in [9.17, 15) is 19.5 Å². The van der Waals surface area contributed by atoms with Gasteiger partial charge in [-0.3, -0.25) is 9.59 Å². The molecule has 1 aromatic rings. The summed E-state index contributed by atoms with van der Waals surface area (Å²) in [6.07, 6.45) is 0.369. The van der Waals surface area contributed by atoms with Gasteiger partial charge in [0.05, 0.1) is 16.4 Å². The van der Waals surface area contributed by atoms with Crippen molar-refractivity contribution in [2.45, 2.75) is 57.5 Å². The summed E-state index contributed by atoms with van der Waals surface area (Å²) in [6, 6.07) is 8.69. The fraction of sp³-hybridized carbons (Fsp3) is 0.542. The monoisotopic (exact) mass is 523 g/mol. The van der Waals surface area contributed by atoms with Crippen LogP contribution < -0.4 is 0 Å². The van der Waals surface area contributed by atoms with E-state index in [1.54, 1.807) is 0 Å². The number of halogens is 1. The van der Waals surface area contributed by atoms with Gasteiger partial charge in [-0.25, -0.2) is 9.69 Å². The maximum atomic E-state index is 13.7.